The van der Waals surface area contributed by atoms with Gasteiger partial charge in [-0.3, -0.25) is 0 Å². The highest BCUT2D eigenvalue weighted by Crippen LogP contribution is 2.46. The van der Waals surface area contributed by atoms with Gasteiger partial charge in [-0.1, -0.05) is 6.92 Å². The summed E-state index contributed by atoms with van der Waals surface area (Å²) in [5.74, 6) is 3.06. The molecule has 1 aliphatic rings. The molecule has 0 bridgehead atoms. The average Bonchev–Trinajstić information content (AvgIpc) is 3.02. The van der Waals surface area contributed by atoms with Crippen molar-refractivity contribution in [3.8, 4) is 0 Å². The van der Waals surface area contributed by atoms with Crippen LogP contribution >= 0.6 is 15.9 Å². The largest absolute Gasteiger partial charge is 0.378 e. The van der Waals surface area contributed by atoms with Crippen molar-refractivity contribution in [3.63, 3.8) is 0 Å². The first-order valence-electron chi connectivity index (χ1n) is 5.96. The maximum atomic E-state index is 5.18. The van der Waals surface area contributed by atoms with Crippen LogP contribution in [-0.2, 0) is 11.3 Å². The molecule has 17 heavy (non-hydrogen) atoms. The number of ether oxygens (including phenoxy) is 1. The molecule has 0 aromatic carbocycles. The number of nitrogens with zero attached hydrogens (tertiary/aromatic N) is 2. The van der Waals surface area contributed by atoms with Crippen molar-refractivity contribution in [2.45, 2.75) is 32.8 Å². The third-order valence-electron chi connectivity index (χ3n) is 3.00. The van der Waals surface area contributed by atoms with E-state index in [1.807, 2.05) is 0 Å². The van der Waals surface area contributed by atoms with Crippen LogP contribution in [0.2, 0.25) is 0 Å². The van der Waals surface area contributed by atoms with E-state index in [0.29, 0.717) is 18.4 Å². The number of rotatable bonds is 5. The highest BCUT2D eigenvalue weighted by atomic mass is 79.9. The Morgan fingerprint density at radius 2 is 2.18 bits per heavy atom. The Labute approximate surface area is 110 Å². The minimum Gasteiger partial charge on any atom is -0.378 e. The summed E-state index contributed by atoms with van der Waals surface area (Å²) in [7, 11) is 1.68. The summed E-state index contributed by atoms with van der Waals surface area (Å²) in [6.07, 6.45) is 1.19. The summed E-state index contributed by atoms with van der Waals surface area (Å²) in [5, 5.41) is 3.26. The van der Waals surface area contributed by atoms with E-state index in [-0.39, 0.29) is 0 Å². The van der Waals surface area contributed by atoms with Crippen LogP contribution < -0.4 is 5.32 Å². The summed E-state index contributed by atoms with van der Waals surface area (Å²) >= 11 is 3.53. The molecule has 2 atom stereocenters. The molecular weight excluding hydrogens is 282 g/mol. The van der Waals surface area contributed by atoms with Gasteiger partial charge < -0.3 is 10.1 Å². The molecule has 0 saturated heterocycles. The first-order valence-corrected chi connectivity index (χ1v) is 6.75. The van der Waals surface area contributed by atoms with E-state index >= 15 is 0 Å². The van der Waals surface area contributed by atoms with Gasteiger partial charge in [0.1, 0.15) is 11.6 Å². The highest BCUT2D eigenvalue weighted by Gasteiger charge is 2.37. The standard InChI is InChI=1S/C12H18BrN3O/c1-4-14-12-10(13)9(6-17-3)15-11(16-12)8-5-7(8)2/h7-8H,4-6H2,1-3H3,(H,14,15,16). The van der Waals surface area contributed by atoms with Crippen molar-refractivity contribution in [1.29, 1.82) is 0 Å². The Hall–Kier alpha value is -0.680. The predicted octanol–water partition coefficient (Wildman–Crippen LogP) is 2.94. The second kappa shape index (κ2) is 5.31. The fourth-order valence-electron chi connectivity index (χ4n) is 1.88. The monoisotopic (exact) mass is 299 g/mol. The van der Waals surface area contributed by atoms with Crippen LogP contribution in [0.5, 0.6) is 0 Å². The molecule has 0 radical (unpaired) electrons. The lowest BCUT2D eigenvalue weighted by atomic mass is 10.3. The summed E-state index contributed by atoms with van der Waals surface area (Å²) < 4.78 is 6.09. The first-order chi connectivity index (χ1) is 8.17. The van der Waals surface area contributed by atoms with Crippen molar-refractivity contribution in [2.24, 2.45) is 5.92 Å². The molecule has 1 heterocycles. The van der Waals surface area contributed by atoms with E-state index in [9.17, 15) is 0 Å². The minimum atomic E-state index is 0.510. The van der Waals surface area contributed by atoms with Gasteiger partial charge in [-0.15, -0.1) is 0 Å². The van der Waals surface area contributed by atoms with Crippen LogP contribution in [0.25, 0.3) is 0 Å². The van der Waals surface area contributed by atoms with Crippen LogP contribution in [0, 0.1) is 5.92 Å². The van der Waals surface area contributed by atoms with Gasteiger partial charge >= 0.3 is 0 Å². The van der Waals surface area contributed by atoms with Gasteiger partial charge in [0.15, 0.2) is 0 Å². The van der Waals surface area contributed by atoms with E-state index < -0.39 is 0 Å². The van der Waals surface area contributed by atoms with Crippen LogP contribution in [0.4, 0.5) is 5.82 Å². The maximum Gasteiger partial charge on any atom is 0.144 e. The van der Waals surface area contributed by atoms with Gasteiger partial charge in [0.2, 0.25) is 0 Å². The molecule has 1 aliphatic carbocycles. The zero-order chi connectivity index (χ0) is 12.4. The Bertz CT molecular complexity index is 384. The normalized spacial score (nSPS) is 22.6. The number of halogens is 1. The quantitative estimate of drug-likeness (QED) is 0.908. The van der Waals surface area contributed by atoms with E-state index in [4.69, 9.17) is 4.74 Å². The van der Waals surface area contributed by atoms with Crippen molar-refractivity contribution in [2.75, 3.05) is 19.0 Å². The van der Waals surface area contributed by atoms with E-state index in [0.717, 1.165) is 28.4 Å². The van der Waals surface area contributed by atoms with Crippen molar-refractivity contribution < 1.29 is 4.74 Å². The smallest absolute Gasteiger partial charge is 0.144 e. The minimum absolute atomic E-state index is 0.510. The lowest BCUT2D eigenvalue weighted by molar-refractivity contribution is 0.180. The highest BCUT2D eigenvalue weighted by molar-refractivity contribution is 9.10. The Morgan fingerprint density at radius 3 is 2.71 bits per heavy atom. The molecular formula is C12H18BrN3O. The molecule has 1 saturated carbocycles. The van der Waals surface area contributed by atoms with Crippen LogP contribution in [0.15, 0.2) is 4.47 Å². The SMILES string of the molecule is CCNc1nc(C2CC2C)nc(COC)c1Br. The second-order valence-corrected chi connectivity index (χ2v) is 5.27. The lowest BCUT2D eigenvalue weighted by Crippen LogP contribution is -2.08. The third kappa shape index (κ3) is 2.77. The van der Waals surface area contributed by atoms with Crippen molar-refractivity contribution >= 4 is 21.7 Å². The first kappa shape index (κ1) is 12.8. The molecule has 1 N–H and O–H groups in total. The zero-order valence-corrected chi connectivity index (χ0v) is 12.0. The number of anilines is 1. The van der Waals surface area contributed by atoms with Gasteiger partial charge in [0, 0.05) is 19.6 Å². The Kier molecular flexibility index (Phi) is 3.99. The molecule has 4 nitrogen and oxygen atoms in total. The van der Waals surface area contributed by atoms with Crippen LogP contribution in [-0.4, -0.2) is 23.6 Å². The number of hydrogen-bond donors (Lipinski definition) is 1. The zero-order valence-electron chi connectivity index (χ0n) is 10.5. The average molecular weight is 300 g/mol. The van der Waals surface area contributed by atoms with E-state index in [1.165, 1.54) is 6.42 Å². The summed E-state index contributed by atoms with van der Waals surface area (Å²) in [4.78, 5) is 9.19. The molecule has 1 fully saturated rings. The fourth-order valence-corrected chi connectivity index (χ4v) is 2.31. The molecule has 0 aliphatic heterocycles. The number of aromatic nitrogens is 2. The van der Waals surface area contributed by atoms with Crippen LogP contribution in [0.1, 0.15) is 37.7 Å². The van der Waals surface area contributed by atoms with Gasteiger partial charge in [-0.2, -0.15) is 0 Å². The lowest BCUT2D eigenvalue weighted by Gasteiger charge is -2.11. The van der Waals surface area contributed by atoms with E-state index in [1.54, 1.807) is 7.11 Å². The van der Waals surface area contributed by atoms with Gasteiger partial charge in [-0.05, 0) is 35.2 Å². The number of nitrogens with one attached hydrogen (secondary N) is 1. The summed E-state index contributed by atoms with van der Waals surface area (Å²) in [5.41, 5.74) is 0.924. The molecule has 0 amide bonds. The van der Waals surface area contributed by atoms with Crippen molar-refractivity contribution in [1.82, 2.24) is 9.97 Å². The van der Waals surface area contributed by atoms with Crippen molar-refractivity contribution in [3.05, 3.63) is 16.0 Å². The predicted molar refractivity (Wildman–Crippen MR) is 71.1 cm³/mol. The van der Waals surface area contributed by atoms with E-state index in [2.05, 4.69) is 45.1 Å². The van der Waals surface area contributed by atoms with Crippen LogP contribution in [0.3, 0.4) is 0 Å². The Morgan fingerprint density at radius 1 is 1.47 bits per heavy atom. The molecule has 2 unspecified atom stereocenters. The molecule has 1 aromatic rings. The Balaban J connectivity index is 2.33. The molecule has 5 heteroatoms. The summed E-state index contributed by atoms with van der Waals surface area (Å²) in [6.45, 7) is 5.65. The second-order valence-electron chi connectivity index (χ2n) is 4.47. The van der Waals surface area contributed by atoms with Gasteiger partial charge in [0.05, 0.1) is 16.8 Å². The third-order valence-corrected chi connectivity index (χ3v) is 3.84. The maximum absolute atomic E-state index is 5.18. The topological polar surface area (TPSA) is 47.0 Å². The van der Waals surface area contributed by atoms with Gasteiger partial charge in [0.25, 0.3) is 0 Å². The molecule has 2 rings (SSSR count). The number of methoxy groups -OCH3 is 1. The van der Waals surface area contributed by atoms with Gasteiger partial charge in [-0.25, -0.2) is 9.97 Å². The molecule has 94 valence electrons. The summed E-state index contributed by atoms with van der Waals surface area (Å²) in [6, 6.07) is 0. The fraction of sp³-hybridized carbons (Fsp3) is 0.667. The number of hydrogen-bond acceptors (Lipinski definition) is 4. The molecule has 0 spiro atoms. The molecule has 1 aromatic heterocycles.